The van der Waals surface area contributed by atoms with Crippen LogP contribution in [-0.4, -0.2) is 10.9 Å². The van der Waals surface area contributed by atoms with Crippen LogP contribution in [0.15, 0.2) is 12.1 Å². The SMILES string of the molecule is CCc1ccc(C=O)n1CC(C)C. The molecule has 2 nitrogen and oxygen atoms in total. The zero-order valence-electron chi connectivity index (χ0n) is 8.58. The van der Waals surface area contributed by atoms with Gasteiger partial charge in [-0.05, 0) is 24.5 Å². The van der Waals surface area contributed by atoms with Crippen molar-refractivity contribution in [3.63, 3.8) is 0 Å². The van der Waals surface area contributed by atoms with Crippen LogP contribution < -0.4 is 0 Å². The minimum atomic E-state index is 0.580. The van der Waals surface area contributed by atoms with Gasteiger partial charge in [-0.25, -0.2) is 0 Å². The third-order valence-corrected chi connectivity index (χ3v) is 2.14. The summed E-state index contributed by atoms with van der Waals surface area (Å²) in [6.45, 7) is 7.37. The lowest BCUT2D eigenvalue weighted by molar-refractivity contribution is 0.111. The summed E-state index contributed by atoms with van der Waals surface area (Å²) in [6.07, 6.45) is 1.92. The number of aryl methyl sites for hydroxylation is 1. The van der Waals surface area contributed by atoms with Gasteiger partial charge in [0.25, 0.3) is 0 Å². The van der Waals surface area contributed by atoms with Crippen LogP contribution in [0.25, 0.3) is 0 Å². The Morgan fingerprint density at radius 2 is 2.15 bits per heavy atom. The standard InChI is InChI=1S/C11H17NO/c1-4-10-5-6-11(8-13)12(10)7-9(2)3/h5-6,8-9H,4,7H2,1-3H3. The van der Waals surface area contributed by atoms with Crippen molar-refractivity contribution in [2.45, 2.75) is 33.7 Å². The molecule has 0 aliphatic carbocycles. The monoisotopic (exact) mass is 179 g/mol. The number of rotatable bonds is 4. The summed E-state index contributed by atoms with van der Waals surface area (Å²) in [5.74, 6) is 0.580. The van der Waals surface area contributed by atoms with Gasteiger partial charge in [0.1, 0.15) is 0 Å². The van der Waals surface area contributed by atoms with Gasteiger partial charge in [0.15, 0.2) is 6.29 Å². The van der Waals surface area contributed by atoms with Gasteiger partial charge < -0.3 is 4.57 Å². The van der Waals surface area contributed by atoms with Gasteiger partial charge in [0.2, 0.25) is 0 Å². The van der Waals surface area contributed by atoms with Crippen molar-refractivity contribution in [3.05, 3.63) is 23.5 Å². The maximum Gasteiger partial charge on any atom is 0.166 e. The smallest absolute Gasteiger partial charge is 0.166 e. The Balaban J connectivity index is 2.97. The van der Waals surface area contributed by atoms with E-state index >= 15 is 0 Å². The zero-order chi connectivity index (χ0) is 9.84. The maximum atomic E-state index is 10.7. The number of hydrogen-bond acceptors (Lipinski definition) is 1. The normalized spacial score (nSPS) is 10.8. The molecule has 72 valence electrons. The molecule has 0 spiro atoms. The van der Waals surface area contributed by atoms with Gasteiger partial charge in [0.05, 0.1) is 5.69 Å². The molecule has 0 aromatic carbocycles. The lowest BCUT2D eigenvalue weighted by atomic mass is 10.2. The van der Waals surface area contributed by atoms with Crippen LogP contribution in [0.2, 0.25) is 0 Å². The van der Waals surface area contributed by atoms with Crippen molar-refractivity contribution in [1.29, 1.82) is 0 Å². The first kappa shape index (κ1) is 10.0. The Morgan fingerprint density at radius 1 is 1.46 bits per heavy atom. The minimum absolute atomic E-state index is 0.580. The van der Waals surface area contributed by atoms with Crippen molar-refractivity contribution < 1.29 is 4.79 Å². The molecule has 0 bridgehead atoms. The van der Waals surface area contributed by atoms with E-state index in [4.69, 9.17) is 0 Å². The van der Waals surface area contributed by atoms with Crippen molar-refractivity contribution in [2.24, 2.45) is 5.92 Å². The van der Waals surface area contributed by atoms with E-state index in [2.05, 4.69) is 25.3 Å². The first-order valence-corrected chi connectivity index (χ1v) is 4.82. The quantitative estimate of drug-likeness (QED) is 0.651. The lowest BCUT2D eigenvalue weighted by Gasteiger charge is -2.12. The van der Waals surface area contributed by atoms with Crippen LogP contribution in [-0.2, 0) is 13.0 Å². The number of carbonyl (C=O) groups excluding carboxylic acids is 1. The fourth-order valence-corrected chi connectivity index (χ4v) is 1.53. The molecule has 1 heterocycles. The molecule has 0 fully saturated rings. The third-order valence-electron chi connectivity index (χ3n) is 2.14. The summed E-state index contributed by atoms with van der Waals surface area (Å²) >= 11 is 0. The first-order valence-electron chi connectivity index (χ1n) is 4.82. The van der Waals surface area contributed by atoms with Crippen molar-refractivity contribution >= 4 is 6.29 Å². The fourth-order valence-electron chi connectivity index (χ4n) is 1.53. The summed E-state index contributed by atoms with van der Waals surface area (Å²) in [5.41, 5.74) is 2.04. The molecule has 1 rings (SSSR count). The molecule has 0 atom stereocenters. The second-order valence-electron chi connectivity index (χ2n) is 3.73. The second-order valence-corrected chi connectivity index (χ2v) is 3.73. The molecule has 1 aromatic rings. The minimum Gasteiger partial charge on any atom is -0.342 e. The van der Waals surface area contributed by atoms with E-state index in [1.165, 1.54) is 5.69 Å². The molecular formula is C11H17NO. The van der Waals surface area contributed by atoms with Gasteiger partial charge in [-0.3, -0.25) is 4.79 Å². The van der Waals surface area contributed by atoms with E-state index in [0.717, 1.165) is 24.9 Å². The molecule has 13 heavy (non-hydrogen) atoms. The molecule has 0 N–H and O–H groups in total. The summed E-state index contributed by atoms with van der Waals surface area (Å²) in [5, 5.41) is 0. The molecule has 0 aliphatic rings. The summed E-state index contributed by atoms with van der Waals surface area (Å²) in [7, 11) is 0. The Hall–Kier alpha value is -1.05. The highest BCUT2D eigenvalue weighted by atomic mass is 16.1. The van der Waals surface area contributed by atoms with E-state index in [9.17, 15) is 4.79 Å². The second kappa shape index (κ2) is 4.26. The third kappa shape index (κ3) is 2.20. The largest absolute Gasteiger partial charge is 0.342 e. The highest BCUT2D eigenvalue weighted by Crippen LogP contribution is 2.11. The summed E-state index contributed by atoms with van der Waals surface area (Å²) < 4.78 is 2.11. The van der Waals surface area contributed by atoms with Crippen molar-refractivity contribution in [3.8, 4) is 0 Å². The van der Waals surface area contributed by atoms with E-state index in [0.29, 0.717) is 5.92 Å². The number of carbonyl (C=O) groups is 1. The number of aromatic nitrogens is 1. The van der Waals surface area contributed by atoms with Gasteiger partial charge in [-0.2, -0.15) is 0 Å². The predicted octanol–water partition coefficient (Wildman–Crippen LogP) is 2.52. The molecule has 0 unspecified atom stereocenters. The molecule has 0 aliphatic heterocycles. The Bertz CT molecular complexity index is 286. The molecule has 2 heteroatoms. The van der Waals surface area contributed by atoms with Crippen LogP contribution in [0.3, 0.4) is 0 Å². The van der Waals surface area contributed by atoms with Crippen LogP contribution in [0.4, 0.5) is 0 Å². The lowest BCUT2D eigenvalue weighted by Crippen LogP contribution is -2.10. The average Bonchev–Trinajstić information content (AvgIpc) is 2.46. The van der Waals surface area contributed by atoms with Crippen LogP contribution in [0.1, 0.15) is 37.0 Å². The predicted molar refractivity (Wildman–Crippen MR) is 54.0 cm³/mol. The summed E-state index contributed by atoms with van der Waals surface area (Å²) in [6, 6.07) is 3.93. The zero-order valence-corrected chi connectivity index (χ0v) is 8.58. The molecular weight excluding hydrogens is 162 g/mol. The Morgan fingerprint density at radius 3 is 2.62 bits per heavy atom. The van der Waals surface area contributed by atoms with Crippen molar-refractivity contribution in [2.75, 3.05) is 0 Å². The topological polar surface area (TPSA) is 22.0 Å². The molecule has 0 saturated heterocycles. The van der Waals surface area contributed by atoms with Gasteiger partial charge in [-0.1, -0.05) is 20.8 Å². The van der Waals surface area contributed by atoms with Crippen LogP contribution >= 0.6 is 0 Å². The molecule has 0 amide bonds. The van der Waals surface area contributed by atoms with Gasteiger partial charge in [-0.15, -0.1) is 0 Å². The van der Waals surface area contributed by atoms with Gasteiger partial charge >= 0.3 is 0 Å². The Kier molecular flexibility index (Phi) is 3.29. The first-order chi connectivity index (χ1) is 6.19. The molecule has 1 aromatic heterocycles. The van der Waals surface area contributed by atoms with E-state index in [1.54, 1.807) is 0 Å². The number of aldehydes is 1. The number of hydrogen-bond donors (Lipinski definition) is 0. The summed E-state index contributed by atoms with van der Waals surface area (Å²) in [4.78, 5) is 10.7. The average molecular weight is 179 g/mol. The van der Waals surface area contributed by atoms with Crippen LogP contribution in [0.5, 0.6) is 0 Å². The highest BCUT2D eigenvalue weighted by molar-refractivity contribution is 5.72. The number of nitrogens with zero attached hydrogens (tertiary/aromatic N) is 1. The van der Waals surface area contributed by atoms with E-state index < -0.39 is 0 Å². The Labute approximate surface area is 79.6 Å². The maximum absolute atomic E-state index is 10.7. The molecule has 0 saturated carbocycles. The fraction of sp³-hybridized carbons (Fsp3) is 0.545. The molecule has 0 radical (unpaired) electrons. The van der Waals surface area contributed by atoms with Crippen molar-refractivity contribution in [1.82, 2.24) is 4.57 Å². The van der Waals surface area contributed by atoms with Gasteiger partial charge in [0, 0.05) is 12.2 Å². The van der Waals surface area contributed by atoms with Crippen LogP contribution in [0, 0.1) is 5.92 Å². The highest BCUT2D eigenvalue weighted by Gasteiger charge is 2.06. The van der Waals surface area contributed by atoms with E-state index in [1.807, 2.05) is 12.1 Å². The van der Waals surface area contributed by atoms with E-state index in [-0.39, 0.29) is 0 Å².